The molecule has 0 saturated carbocycles. The van der Waals surface area contributed by atoms with Crippen molar-refractivity contribution in [3.05, 3.63) is 76.2 Å². The van der Waals surface area contributed by atoms with Gasteiger partial charge in [-0.25, -0.2) is 4.98 Å². The highest BCUT2D eigenvalue weighted by atomic mass is 16.5. The third-order valence-corrected chi connectivity index (χ3v) is 4.68. The van der Waals surface area contributed by atoms with E-state index in [9.17, 15) is 9.59 Å². The number of amides is 1. The summed E-state index contributed by atoms with van der Waals surface area (Å²) in [5, 5.41) is 8.93. The molecule has 0 atom stereocenters. The Balaban J connectivity index is 1.75. The van der Waals surface area contributed by atoms with Gasteiger partial charge in [-0.3, -0.25) is 14.7 Å². The van der Waals surface area contributed by atoms with Crippen molar-refractivity contribution in [3.63, 3.8) is 0 Å². The van der Waals surface area contributed by atoms with E-state index in [0.29, 0.717) is 34.4 Å². The zero-order chi connectivity index (χ0) is 22.0. The minimum Gasteiger partial charge on any atom is -0.497 e. The Morgan fingerprint density at radius 2 is 1.55 bits per heavy atom. The number of benzene rings is 2. The van der Waals surface area contributed by atoms with Crippen molar-refractivity contribution < 1.29 is 14.3 Å². The van der Waals surface area contributed by atoms with Crippen molar-refractivity contribution in [2.75, 3.05) is 24.9 Å². The van der Waals surface area contributed by atoms with E-state index >= 15 is 0 Å². The predicted molar refractivity (Wildman–Crippen MR) is 118 cm³/mol. The van der Waals surface area contributed by atoms with Crippen molar-refractivity contribution in [1.29, 1.82) is 0 Å². The Morgan fingerprint density at radius 1 is 0.968 bits per heavy atom. The third kappa shape index (κ3) is 4.06. The zero-order valence-corrected chi connectivity index (χ0v) is 17.2. The summed E-state index contributed by atoms with van der Waals surface area (Å²) in [5.74, 6) is 1.30. The van der Waals surface area contributed by atoms with Crippen LogP contribution in [0.4, 0.5) is 17.2 Å². The highest BCUT2D eigenvalue weighted by molar-refractivity contribution is 6.12. The summed E-state index contributed by atoms with van der Waals surface area (Å²) in [4.78, 5) is 30.1. The van der Waals surface area contributed by atoms with Gasteiger partial charge in [0, 0.05) is 23.1 Å². The molecule has 0 bridgehead atoms. The average molecular weight is 419 g/mol. The second-order valence-corrected chi connectivity index (χ2v) is 6.79. The Hall–Kier alpha value is -4.27. The number of aromatic amines is 1. The van der Waals surface area contributed by atoms with Crippen LogP contribution >= 0.6 is 0 Å². The maximum absolute atomic E-state index is 13.2. The van der Waals surface area contributed by atoms with Crippen LogP contribution in [0.25, 0.3) is 5.65 Å². The molecule has 3 N–H and O–H groups in total. The smallest absolute Gasteiger partial charge is 0.272 e. The number of H-pyrrole nitrogens is 1. The van der Waals surface area contributed by atoms with Crippen LogP contribution in [0.3, 0.4) is 0 Å². The Bertz CT molecular complexity index is 1290. The lowest BCUT2D eigenvalue weighted by Gasteiger charge is -2.09. The Labute approximate surface area is 177 Å². The molecule has 9 nitrogen and oxygen atoms in total. The predicted octanol–water partition coefficient (Wildman–Crippen LogP) is 3.34. The van der Waals surface area contributed by atoms with Crippen LogP contribution in [0, 0.1) is 6.92 Å². The Kier molecular flexibility index (Phi) is 5.31. The van der Waals surface area contributed by atoms with Crippen molar-refractivity contribution >= 4 is 28.7 Å². The summed E-state index contributed by atoms with van der Waals surface area (Å²) in [6.07, 6.45) is 0. The fraction of sp³-hybridized carbons (Fsp3) is 0.136. The first kappa shape index (κ1) is 20.0. The van der Waals surface area contributed by atoms with Gasteiger partial charge >= 0.3 is 0 Å². The number of carbonyl (C=O) groups is 1. The molecule has 0 spiro atoms. The molecule has 0 radical (unpaired) electrons. The number of ether oxygens (including phenoxy) is 2. The highest BCUT2D eigenvalue weighted by Crippen LogP contribution is 2.25. The van der Waals surface area contributed by atoms with Gasteiger partial charge in [0.05, 0.1) is 14.2 Å². The number of aromatic nitrogens is 3. The SMILES string of the molecule is COc1ccc(NC(=O)c2c(Nc3ccc(OC)cc3)[nH]n3c(=O)cc(C)nc23)cc1. The van der Waals surface area contributed by atoms with E-state index < -0.39 is 5.91 Å². The number of hydrogen-bond donors (Lipinski definition) is 3. The maximum Gasteiger partial charge on any atom is 0.272 e. The minimum absolute atomic E-state index is 0.215. The monoisotopic (exact) mass is 419 g/mol. The van der Waals surface area contributed by atoms with Gasteiger partial charge in [0.15, 0.2) is 5.65 Å². The van der Waals surface area contributed by atoms with Crippen LogP contribution in [0.1, 0.15) is 16.1 Å². The van der Waals surface area contributed by atoms with Crippen molar-refractivity contribution in [2.45, 2.75) is 6.92 Å². The zero-order valence-electron chi connectivity index (χ0n) is 17.2. The second-order valence-electron chi connectivity index (χ2n) is 6.79. The third-order valence-electron chi connectivity index (χ3n) is 4.68. The largest absolute Gasteiger partial charge is 0.497 e. The maximum atomic E-state index is 13.2. The number of aryl methyl sites for hydroxylation is 1. The van der Waals surface area contributed by atoms with Crippen molar-refractivity contribution in [2.24, 2.45) is 0 Å². The summed E-state index contributed by atoms with van der Waals surface area (Å²) >= 11 is 0. The van der Waals surface area contributed by atoms with Gasteiger partial charge in [0.1, 0.15) is 22.9 Å². The minimum atomic E-state index is -0.419. The number of anilines is 3. The van der Waals surface area contributed by atoms with Gasteiger partial charge in [-0.15, -0.1) is 0 Å². The van der Waals surface area contributed by atoms with Crippen molar-refractivity contribution in [3.8, 4) is 11.5 Å². The number of rotatable bonds is 6. The van der Waals surface area contributed by atoms with Crippen molar-refractivity contribution in [1.82, 2.24) is 14.6 Å². The van der Waals surface area contributed by atoms with Crippen LogP contribution in [0.2, 0.25) is 0 Å². The van der Waals surface area contributed by atoms with Gasteiger partial charge in [0.25, 0.3) is 11.5 Å². The van der Waals surface area contributed by atoms with Gasteiger partial charge in [-0.1, -0.05) is 0 Å². The summed E-state index contributed by atoms with van der Waals surface area (Å²) in [6, 6.07) is 15.5. The molecule has 0 aliphatic heterocycles. The molecule has 4 aromatic rings. The van der Waals surface area contributed by atoms with Crippen LogP contribution in [0.5, 0.6) is 11.5 Å². The molecular weight excluding hydrogens is 398 g/mol. The molecule has 158 valence electrons. The first-order valence-electron chi connectivity index (χ1n) is 9.47. The summed E-state index contributed by atoms with van der Waals surface area (Å²) in [6.45, 7) is 1.70. The molecule has 4 rings (SSSR count). The fourth-order valence-corrected chi connectivity index (χ4v) is 3.14. The average Bonchev–Trinajstić information content (AvgIpc) is 3.13. The molecule has 0 aliphatic carbocycles. The molecule has 2 heterocycles. The number of methoxy groups -OCH3 is 2. The fourth-order valence-electron chi connectivity index (χ4n) is 3.14. The molecule has 0 saturated heterocycles. The number of carbonyl (C=O) groups excluding carboxylic acids is 1. The van der Waals surface area contributed by atoms with E-state index in [-0.39, 0.29) is 16.8 Å². The van der Waals surface area contributed by atoms with E-state index in [4.69, 9.17) is 9.47 Å². The van der Waals surface area contributed by atoms with E-state index in [2.05, 4.69) is 20.7 Å². The molecule has 1 amide bonds. The van der Waals surface area contributed by atoms with Gasteiger partial charge in [-0.2, -0.15) is 4.52 Å². The van der Waals surface area contributed by atoms with E-state index in [1.165, 1.54) is 10.6 Å². The number of nitrogens with one attached hydrogen (secondary N) is 3. The first-order chi connectivity index (χ1) is 15.0. The summed E-state index contributed by atoms with van der Waals surface area (Å²) in [5.41, 5.74) is 1.92. The van der Waals surface area contributed by atoms with E-state index in [1.54, 1.807) is 69.7 Å². The second kappa shape index (κ2) is 8.23. The normalized spacial score (nSPS) is 10.7. The quantitative estimate of drug-likeness (QED) is 0.442. The lowest BCUT2D eigenvalue weighted by Crippen LogP contribution is -2.17. The molecular formula is C22H21N5O4. The molecule has 0 unspecified atom stereocenters. The van der Waals surface area contributed by atoms with Gasteiger partial charge in [-0.05, 0) is 55.5 Å². The lowest BCUT2D eigenvalue weighted by atomic mass is 10.2. The van der Waals surface area contributed by atoms with Crippen LogP contribution in [-0.4, -0.2) is 34.7 Å². The van der Waals surface area contributed by atoms with Gasteiger partial charge < -0.3 is 20.1 Å². The number of nitrogens with zero attached hydrogens (tertiary/aromatic N) is 2. The molecule has 0 aliphatic rings. The highest BCUT2D eigenvalue weighted by Gasteiger charge is 2.22. The van der Waals surface area contributed by atoms with Crippen LogP contribution < -0.4 is 25.7 Å². The topological polar surface area (TPSA) is 110 Å². The van der Waals surface area contributed by atoms with Gasteiger partial charge in [0.2, 0.25) is 0 Å². The summed E-state index contributed by atoms with van der Waals surface area (Å²) < 4.78 is 11.6. The van der Waals surface area contributed by atoms with E-state index in [1.807, 2.05) is 0 Å². The van der Waals surface area contributed by atoms with Crippen LogP contribution in [0.15, 0.2) is 59.4 Å². The summed E-state index contributed by atoms with van der Waals surface area (Å²) in [7, 11) is 3.16. The molecule has 0 fully saturated rings. The molecule has 2 aromatic carbocycles. The standard InChI is InChI=1S/C22H21N5O4/c1-13-12-18(28)27-21(23-13)19(22(29)25-15-6-10-17(31-3)11-7-15)20(26-27)24-14-4-8-16(30-2)9-5-14/h4-12,24,26H,1-3H3,(H,25,29). The Morgan fingerprint density at radius 3 is 2.13 bits per heavy atom. The molecule has 31 heavy (non-hydrogen) atoms. The number of fused-ring (bicyclic) bond motifs is 1. The van der Waals surface area contributed by atoms with E-state index in [0.717, 1.165) is 0 Å². The number of hydrogen-bond acceptors (Lipinski definition) is 6. The first-order valence-corrected chi connectivity index (χ1v) is 9.47. The molecule has 2 aromatic heterocycles. The lowest BCUT2D eigenvalue weighted by molar-refractivity contribution is 0.102. The molecule has 9 heteroatoms. The van der Waals surface area contributed by atoms with Crippen LogP contribution in [-0.2, 0) is 0 Å².